The molecule has 96 valence electrons. The highest BCUT2D eigenvalue weighted by atomic mass is 16.5. The molecule has 0 aromatic heterocycles. The Morgan fingerprint density at radius 3 is 2.42 bits per heavy atom. The number of aldehydes is 1. The summed E-state index contributed by atoms with van der Waals surface area (Å²) < 4.78 is 5.03. The standard InChI is InChI=1S/C15H13NO3/c1-19-13-8-6-11(7-9-13)15(18)16-14-5-3-2-4-12(14)10-17/h2-10H,1H3,(H,16,18). The van der Waals surface area contributed by atoms with E-state index < -0.39 is 0 Å². The van der Waals surface area contributed by atoms with Gasteiger partial charge in [0.05, 0.1) is 12.8 Å². The number of ether oxygens (including phenoxy) is 1. The summed E-state index contributed by atoms with van der Waals surface area (Å²) in [7, 11) is 1.56. The smallest absolute Gasteiger partial charge is 0.255 e. The van der Waals surface area contributed by atoms with Crippen molar-refractivity contribution in [3.63, 3.8) is 0 Å². The van der Waals surface area contributed by atoms with Gasteiger partial charge in [-0.15, -0.1) is 0 Å². The minimum atomic E-state index is -0.267. The van der Waals surface area contributed by atoms with Crippen LogP contribution in [0.3, 0.4) is 0 Å². The Morgan fingerprint density at radius 1 is 1.11 bits per heavy atom. The number of methoxy groups -OCH3 is 1. The average Bonchev–Trinajstić information content (AvgIpc) is 2.48. The van der Waals surface area contributed by atoms with Crippen LogP contribution in [0.1, 0.15) is 20.7 Å². The van der Waals surface area contributed by atoms with E-state index in [1.807, 2.05) is 0 Å². The van der Waals surface area contributed by atoms with Crippen molar-refractivity contribution in [1.82, 2.24) is 0 Å². The molecule has 2 aromatic carbocycles. The fourth-order valence-corrected chi connectivity index (χ4v) is 1.65. The Kier molecular flexibility index (Phi) is 3.93. The minimum absolute atomic E-state index is 0.267. The first-order valence-corrected chi connectivity index (χ1v) is 5.74. The molecule has 0 aliphatic heterocycles. The van der Waals surface area contributed by atoms with E-state index in [4.69, 9.17) is 4.74 Å². The van der Waals surface area contributed by atoms with Gasteiger partial charge in [-0.25, -0.2) is 0 Å². The molecule has 0 bridgehead atoms. The van der Waals surface area contributed by atoms with E-state index in [0.29, 0.717) is 28.8 Å². The molecule has 0 unspecified atom stereocenters. The van der Waals surface area contributed by atoms with Gasteiger partial charge in [0, 0.05) is 11.1 Å². The van der Waals surface area contributed by atoms with Crippen molar-refractivity contribution in [3.8, 4) is 5.75 Å². The molecule has 0 aliphatic rings. The Labute approximate surface area is 111 Å². The Bertz CT molecular complexity index is 591. The second-order valence-corrected chi connectivity index (χ2v) is 3.89. The fourth-order valence-electron chi connectivity index (χ4n) is 1.65. The van der Waals surface area contributed by atoms with Crippen LogP contribution in [0.15, 0.2) is 48.5 Å². The summed E-state index contributed by atoms with van der Waals surface area (Å²) in [6.07, 6.45) is 0.712. The fraction of sp³-hybridized carbons (Fsp3) is 0.0667. The molecule has 2 rings (SSSR count). The van der Waals surface area contributed by atoms with Gasteiger partial charge in [0.2, 0.25) is 0 Å². The van der Waals surface area contributed by atoms with Gasteiger partial charge in [-0.05, 0) is 36.4 Å². The Balaban J connectivity index is 2.18. The van der Waals surface area contributed by atoms with Gasteiger partial charge in [-0.2, -0.15) is 0 Å². The van der Waals surface area contributed by atoms with Gasteiger partial charge in [-0.3, -0.25) is 9.59 Å². The predicted octanol–water partition coefficient (Wildman–Crippen LogP) is 2.76. The highest BCUT2D eigenvalue weighted by molar-refractivity contribution is 6.06. The third kappa shape index (κ3) is 2.98. The van der Waals surface area contributed by atoms with Crippen LogP contribution in [0.5, 0.6) is 5.75 Å². The molecule has 0 fully saturated rings. The summed E-state index contributed by atoms with van der Waals surface area (Å²) in [5.74, 6) is 0.418. The van der Waals surface area contributed by atoms with Gasteiger partial charge in [0.15, 0.2) is 6.29 Å². The number of para-hydroxylation sites is 1. The monoisotopic (exact) mass is 255 g/mol. The van der Waals surface area contributed by atoms with Gasteiger partial charge < -0.3 is 10.1 Å². The van der Waals surface area contributed by atoms with Gasteiger partial charge in [0.25, 0.3) is 5.91 Å². The molecule has 1 N–H and O–H groups in total. The zero-order valence-electron chi connectivity index (χ0n) is 10.4. The maximum absolute atomic E-state index is 12.0. The second-order valence-electron chi connectivity index (χ2n) is 3.89. The lowest BCUT2D eigenvalue weighted by molar-refractivity contribution is 0.102. The lowest BCUT2D eigenvalue weighted by Crippen LogP contribution is -2.13. The average molecular weight is 255 g/mol. The van der Waals surface area contributed by atoms with E-state index in [2.05, 4.69) is 5.32 Å². The van der Waals surface area contributed by atoms with Crippen LogP contribution in [-0.2, 0) is 0 Å². The second kappa shape index (κ2) is 5.82. The third-order valence-electron chi connectivity index (χ3n) is 2.69. The van der Waals surface area contributed by atoms with Crippen LogP contribution >= 0.6 is 0 Å². The zero-order valence-corrected chi connectivity index (χ0v) is 10.4. The first-order chi connectivity index (χ1) is 9.24. The quantitative estimate of drug-likeness (QED) is 0.855. The number of amides is 1. The minimum Gasteiger partial charge on any atom is -0.497 e. The van der Waals surface area contributed by atoms with Gasteiger partial charge in [-0.1, -0.05) is 12.1 Å². The van der Waals surface area contributed by atoms with E-state index in [0.717, 1.165) is 0 Å². The molecule has 0 radical (unpaired) electrons. The summed E-state index contributed by atoms with van der Waals surface area (Å²) in [5.41, 5.74) is 1.45. The third-order valence-corrected chi connectivity index (χ3v) is 2.69. The first-order valence-electron chi connectivity index (χ1n) is 5.74. The molecule has 4 heteroatoms. The number of carbonyl (C=O) groups is 2. The number of nitrogens with one attached hydrogen (secondary N) is 1. The molecule has 0 aliphatic carbocycles. The number of rotatable bonds is 4. The van der Waals surface area contributed by atoms with Crippen molar-refractivity contribution in [2.75, 3.05) is 12.4 Å². The van der Waals surface area contributed by atoms with E-state index in [9.17, 15) is 9.59 Å². The van der Waals surface area contributed by atoms with Crippen molar-refractivity contribution < 1.29 is 14.3 Å². The summed E-state index contributed by atoms with van der Waals surface area (Å²) in [6, 6.07) is 13.6. The van der Waals surface area contributed by atoms with Gasteiger partial charge in [0.1, 0.15) is 5.75 Å². The summed E-state index contributed by atoms with van der Waals surface area (Å²) >= 11 is 0. The van der Waals surface area contributed by atoms with Crippen LogP contribution in [0.25, 0.3) is 0 Å². The van der Waals surface area contributed by atoms with Crippen LogP contribution in [-0.4, -0.2) is 19.3 Å². The van der Waals surface area contributed by atoms with Crippen molar-refractivity contribution in [2.45, 2.75) is 0 Å². The Morgan fingerprint density at radius 2 is 1.79 bits per heavy atom. The highest BCUT2D eigenvalue weighted by Gasteiger charge is 2.08. The maximum Gasteiger partial charge on any atom is 0.255 e. The highest BCUT2D eigenvalue weighted by Crippen LogP contribution is 2.16. The molecule has 0 heterocycles. The molecule has 0 saturated carbocycles. The lowest BCUT2D eigenvalue weighted by Gasteiger charge is -2.07. The maximum atomic E-state index is 12.0. The summed E-state index contributed by atoms with van der Waals surface area (Å²) in [6.45, 7) is 0. The van der Waals surface area contributed by atoms with Crippen molar-refractivity contribution in [2.24, 2.45) is 0 Å². The van der Waals surface area contributed by atoms with Crippen LogP contribution in [0.2, 0.25) is 0 Å². The van der Waals surface area contributed by atoms with Crippen molar-refractivity contribution in [1.29, 1.82) is 0 Å². The van der Waals surface area contributed by atoms with E-state index in [-0.39, 0.29) is 5.91 Å². The normalized spacial score (nSPS) is 9.74. The van der Waals surface area contributed by atoms with Gasteiger partial charge >= 0.3 is 0 Å². The first kappa shape index (κ1) is 12.8. The van der Waals surface area contributed by atoms with Crippen LogP contribution in [0.4, 0.5) is 5.69 Å². The molecule has 2 aromatic rings. The van der Waals surface area contributed by atoms with Crippen molar-refractivity contribution >= 4 is 17.9 Å². The zero-order chi connectivity index (χ0) is 13.7. The molecule has 1 amide bonds. The summed E-state index contributed by atoms with van der Waals surface area (Å²) in [4.78, 5) is 22.9. The van der Waals surface area contributed by atoms with Crippen LogP contribution in [0, 0.1) is 0 Å². The molecule has 19 heavy (non-hydrogen) atoms. The number of anilines is 1. The van der Waals surface area contributed by atoms with E-state index in [1.165, 1.54) is 0 Å². The number of benzene rings is 2. The lowest BCUT2D eigenvalue weighted by atomic mass is 10.1. The van der Waals surface area contributed by atoms with E-state index in [1.54, 1.807) is 55.6 Å². The largest absolute Gasteiger partial charge is 0.497 e. The molecular weight excluding hydrogens is 242 g/mol. The van der Waals surface area contributed by atoms with Crippen molar-refractivity contribution in [3.05, 3.63) is 59.7 Å². The number of carbonyl (C=O) groups excluding carboxylic acids is 2. The number of hydrogen-bond acceptors (Lipinski definition) is 3. The topological polar surface area (TPSA) is 55.4 Å². The molecule has 0 saturated heterocycles. The molecule has 0 spiro atoms. The van der Waals surface area contributed by atoms with Crippen LogP contribution < -0.4 is 10.1 Å². The summed E-state index contributed by atoms with van der Waals surface area (Å²) in [5, 5.41) is 2.70. The van der Waals surface area contributed by atoms with E-state index >= 15 is 0 Å². The SMILES string of the molecule is COc1ccc(C(=O)Nc2ccccc2C=O)cc1. The molecule has 0 atom stereocenters. The molecule has 4 nitrogen and oxygen atoms in total. The molecular formula is C15H13NO3. The predicted molar refractivity (Wildman–Crippen MR) is 72.8 cm³/mol. The Hall–Kier alpha value is -2.62. The number of hydrogen-bond donors (Lipinski definition) is 1.